The molecule has 1 aromatic heterocycles. The molecule has 2 rings (SSSR count). The van der Waals surface area contributed by atoms with E-state index >= 15 is 0 Å². The lowest BCUT2D eigenvalue weighted by Gasteiger charge is -2.26. The summed E-state index contributed by atoms with van der Waals surface area (Å²) in [5, 5.41) is 15.2. The number of hydrogen-bond acceptors (Lipinski definition) is 5. The van der Waals surface area contributed by atoms with Crippen molar-refractivity contribution in [2.75, 3.05) is 39.4 Å². The molecule has 0 amide bonds. The van der Waals surface area contributed by atoms with Crippen molar-refractivity contribution >= 4 is 5.96 Å². The second-order valence-corrected chi connectivity index (χ2v) is 6.58. The van der Waals surface area contributed by atoms with Crippen LogP contribution in [0.25, 0.3) is 0 Å². The predicted octanol–water partition coefficient (Wildman–Crippen LogP) is 0.680. The fourth-order valence-electron chi connectivity index (χ4n) is 2.56. The van der Waals surface area contributed by atoms with Gasteiger partial charge in [0.05, 0.1) is 13.2 Å². The minimum Gasteiger partial charge on any atom is -0.379 e. The van der Waals surface area contributed by atoms with Gasteiger partial charge in [-0.2, -0.15) is 0 Å². The molecule has 8 nitrogen and oxygen atoms in total. The smallest absolute Gasteiger partial charge is 0.191 e. The van der Waals surface area contributed by atoms with Crippen LogP contribution in [0.1, 0.15) is 38.3 Å². The average molecular weight is 351 g/mol. The molecule has 0 radical (unpaired) electrons. The van der Waals surface area contributed by atoms with Crippen molar-refractivity contribution in [2.24, 2.45) is 12.0 Å². The van der Waals surface area contributed by atoms with Crippen LogP contribution in [-0.2, 0) is 18.3 Å². The van der Waals surface area contributed by atoms with Gasteiger partial charge in [0, 0.05) is 32.7 Å². The minimum absolute atomic E-state index is 0.381. The molecule has 0 saturated carbocycles. The van der Waals surface area contributed by atoms with Crippen LogP contribution in [0.2, 0.25) is 0 Å². The maximum atomic E-state index is 5.39. The number of guanidine groups is 1. The van der Waals surface area contributed by atoms with E-state index in [4.69, 9.17) is 4.74 Å². The Kier molecular flexibility index (Phi) is 8.14. The monoisotopic (exact) mass is 351 g/mol. The Labute approximate surface area is 151 Å². The fourth-order valence-corrected chi connectivity index (χ4v) is 2.56. The first-order chi connectivity index (χ1) is 12.1. The van der Waals surface area contributed by atoms with Crippen molar-refractivity contribution in [1.82, 2.24) is 30.3 Å². The standard InChI is InChI=1S/C17H33N7O/c1-5-14(2)20-17(19-13-16-22-21-15(3)23(16)4)18-7-6-8-24-9-11-25-12-10-24/h14H,5-13H2,1-4H3,(H2,18,19,20). The molecule has 1 aromatic rings. The summed E-state index contributed by atoms with van der Waals surface area (Å²) in [5.41, 5.74) is 0. The number of morpholine rings is 1. The normalized spacial score (nSPS) is 17.5. The lowest BCUT2D eigenvalue weighted by Crippen LogP contribution is -2.43. The Bertz CT molecular complexity index is 537. The van der Waals surface area contributed by atoms with Crippen molar-refractivity contribution in [2.45, 2.75) is 46.2 Å². The molecule has 0 aliphatic carbocycles. The van der Waals surface area contributed by atoms with E-state index in [1.807, 2.05) is 18.5 Å². The third-order valence-corrected chi connectivity index (χ3v) is 4.60. The summed E-state index contributed by atoms with van der Waals surface area (Å²) in [6, 6.07) is 0.381. The summed E-state index contributed by atoms with van der Waals surface area (Å²) >= 11 is 0. The highest BCUT2D eigenvalue weighted by atomic mass is 16.5. The topological polar surface area (TPSA) is 79.6 Å². The van der Waals surface area contributed by atoms with Crippen LogP contribution in [0.4, 0.5) is 0 Å². The molecule has 25 heavy (non-hydrogen) atoms. The zero-order valence-electron chi connectivity index (χ0n) is 16.1. The van der Waals surface area contributed by atoms with E-state index in [-0.39, 0.29) is 0 Å². The number of nitrogens with zero attached hydrogens (tertiary/aromatic N) is 5. The fraction of sp³-hybridized carbons (Fsp3) is 0.824. The zero-order chi connectivity index (χ0) is 18.1. The Balaban J connectivity index is 1.81. The number of aliphatic imine (C=N–C) groups is 1. The van der Waals surface area contributed by atoms with Crippen molar-refractivity contribution in [1.29, 1.82) is 0 Å². The summed E-state index contributed by atoms with van der Waals surface area (Å²) in [6.45, 7) is 12.6. The van der Waals surface area contributed by atoms with Crippen LogP contribution in [0.15, 0.2) is 4.99 Å². The minimum atomic E-state index is 0.381. The number of rotatable bonds is 8. The maximum Gasteiger partial charge on any atom is 0.191 e. The zero-order valence-corrected chi connectivity index (χ0v) is 16.1. The van der Waals surface area contributed by atoms with E-state index in [2.05, 4.69) is 44.6 Å². The second kappa shape index (κ2) is 10.4. The molecule has 1 aliphatic heterocycles. The first kappa shape index (κ1) is 19.7. The van der Waals surface area contributed by atoms with Gasteiger partial charge < -0.3 is 19.9 Å². The van der Waals surface area contributed by atoms with E-state index in [1.54, 1.807) is 0 Å². The lowest BCUT2D eigenvalue weighted by atomic mass is 10.3. The summed E-state index contributed by atoms with van der Waals surface area (Å²) in [6.07, 6.45) is 2.14. The van der Waals surface area contributed by atoms with E-state index in [1.165, 1.54) is 0 Å². The third-order valence-electron chi connectivity index (χ3n) is 4.60. The molecule has 0 spiro atoms. The van der Waals surface area contributed by atoms with Crippen LogP contribution in [0.3, 0.4) is 0 Å². The third kappa shape index (κ3) is 6.62. The van der Waals surface area contributed by atoms with Crippen LogP contribution >= 0.6 is 0 Å². The Morgan fingerprint density at radius 3 is 2.72 bits per heavy atom. The predicted molar refractivity (Wildman–Crippen MR) is 99.6 cm³/mol. The lowest BCUT2D eigenvalue weighted by molar-refractivity contribution is 0.0376. The second-order valence-electron chi connectivity index (χ2n) is 6.58. The number of aryl methyl sites for hydroxylation is 1. The molecule has 1 unspecified atom stereocenters. The van der Waals surface area contributed by atoms with E-state index in [0.717, 1.165) is 69.8 Å². The van der Waals surface area contributed by atoms with Gasteiger partial charge in [-0.1, -0.05) is 6.92 Å². The van der Waals surface area contributed by atoms with Gasteiger partial charge in [-0.25, -0.2) is 4.99 Å². The van der Waals surface area contributed by atoms with Gasteiger partial charge >= 0.3 is 0 Å². The Morgan fingerprint density at radius 2 is 2.08 bits per heavy atom. The van der Waals surface area contributed by atoms with Gasteiger partial charge in [-0.15, -0.1) is 10.2 Å². The summed E-state index contributed by atoms with van der Waals surface area (Å²) in [7, 11) is 1.97. The first-order valence-electron chi connectivity index (χ1n) is 9.30. The first-order valence-corrected chi connectivity index (χ1v) is 9.30. The summed E-state index contributed by atoms with van der Waals surface area (Å²) in [5.74, 6) is 2.62. The van der Waals surface area contributed by atoms with Gasteiger partial charge in [0.25, 0.3) is 0 Å². The molecule has 1 atom stereocenters. The van der Waals surface area contributed by atoms with Gasteiger partial charge in [0.2, 0.25) is 0 Å². The molecule has 0 bridgehead atoms. The van der Waals surface area contributed by atoms with Gasteiger partial charge in [-0.05, 0) is 33.2 Å². The van der Waals surface area contributed by atoms with Gasteiger partial charge in [-0.3, -0.25) is 4.90 Å². The number of nitrogens with one attached hydrogen (secondary N) is 2. The molecule has 2 heterocycles. The van der Waals surface area contributed by atoms with E-state index < -0.39 is 0 Å². The SMILES string of the molecule is CCC(C)NC(=NCc1nnc(C)n1C)NCCCN1CCOCC1. The van der Waals surface area contributed by atoms with Crippen molar-refractivity contribution in [3.05, 3.63) is 11.6 Å². The Hall–Kier alpha value is -1.67. The van der Waals surface area contributed by atoms with E-state index in [0.29, 0.717) is 12.6 Å². The number of aromatic nitrogens is 3. The summed E-state index contributed by atoms with van der Waals surface area (Å²) in [4.78, 5) is 7.13. The highest BCUT2D eigenvalue weighted by Crippen LogP contribution is 2.00. The number of hydrogen-bond donors (Lipinski definition) is 2. The molecular formula is C17H33N7O. The molecule has 1 fully saturated rings. The maximum absolute atomic E-state index is 5.39. The molecule has 2 N–H and O–H groups in total. The highest BCUT2D eigenvalue weighted by molar-refractivity contribution is 5.80. The number of ether oxygens (including phenoxy) is 1. The molecule has 142 valence electrons. The van der Waals surface area contributed by atoms with Crippen molar-refractivity contribution in [3.63, 3.8) is 0 Å². The van der Waals surface area contributed by atoms with E-state index in [9.17, 15) is 0 Å². The van der Waals surface area contributed by atoms with Crippen LogP contribution < -0.4 is 10.6 Å². The van der Waals surface area contributed by atoms with Crippen LogP contribution in [-0.4, -0.2) is 71.1 Å². The molecule has 1 aliphatic rings. The quantitative estimate of drug-likeness (QED) is 0.407. The largest absolute Gasteiger partial charge is 0.379 e. The van der Waals surface area contributed by atoms with Crippen LogP contribution in [0.5, 0.6) is 0 Å². The van der Waals surface area contributed by atoms with Crippen LogP contribution in [0, 0.1) is 6.92 Å². The molecule has 8 heteroatoms. The molecular weight excluding hydrogens is 318 g/mol. The highest BCUT2D eigenvalue weighted by Gasteiger charge is 2.10. The molecule has 0 aromatic carbocycles. The summed E-state index contributed by atoms with van der Waals surface area (Å²) < 4.78 is 7.36. The average Bonchev–Trinajstić information content (AvgIpc) is 2.95. The van der Waals surface area contributed by atoms with Gasteiger partial charge in [0.15, 0.2) is 11.8 Å². The Morgan fingerprint density at radius 1 is 1.32 bits per heavy atom. The van der Waals surface area contributed by atoms with Crippen molar-refractivity contribution in [3.8, 4) is 0 Å². The van der Waals surface area contributed by atoms with Crippen molar-refractivity contribution < 1.29 is 4.74 Å². The molecule has 1 saturated heterocycles. The van der Waals surface area contributed by atoms with Gasteiger partial charge in [0.1, 0.15) is 12.4 Å².